The normalized spacial score (nSPS) is 14.5. The number of rotatable bonds is 7. The van der Waals surface area contributed by atoms with Crippen LogP contribution >= 0.6 is 39.9 Å². The lowest BCUT2D eigenvalue weighted by Gasteiger charge is -2.19. The first kappa shape index (κ1) is 23.7. The standard InChI is InChI=1S/C22H27BrN4O.HI/c1-3-24-21(25-14-17-6-4-9-20(12-17)27-16(2)28)26-15-22(10-11-22)18-7-5-8-19(23)13-18;/h4-9,12-13H,3,10-11,14-15H2,1-2H3,(H,27,28)(H2,24,25,26);1H. The maximum absolute atomic E-state index is 11.2. The molecule has 0 radical (unpaired) electrons. The summed E-state index contributed by atoms with van der Waals surface area (Å²) in [7, 11) is 0. The lowest BCUT2D eigenvalue weighted by atomic mass is 9.96. The number of nitrogens with one attached hydrogen (secondary N) is 3. The number of guanidine groups is 1. The molecule has 1 aliphatic carbocycles. The number of carbonyl (C=O) groups excluding carboxylic acids is 1. The van der Waals surface area contributed by atoms with Crippen LogP contribution in [0.4, 0.5) is 5.69 Å². The van der Waals surface area contributed by atoms with Crippen LogP contribution in [0.15, 0.2) is 58.0 Å². The number of amides is 1. The van der Waals surface area contributed by atoms with Gasteiger partial charge >= 0.3 is 0 Å². The molecule has 7 heteroatoms. The summed E-state index contributed by atoms with van der Waals surface area (Å²) in [5.41, 5.74) is 3.42. The Labute approximate surface area is 198 Å². The molecule has 0 bridgehead atoms. The second-order valence-corrected chi connectivity index (χ2v) is 8.14. The van der Waals surface area contributed by atoms with Crippen molar-refractivity contribution in [3.63, 3.8) is 0 Å². The lowest BCUT2D eigenvalue weighted by molar-refractivity contribution is -0.114. The monoisotopic (exact) mass is 570 g/mol. The third kappa shape index (κ3) is 6.99. The zero-order valence-electron chi connectivity index (χ0n) is 16.8. The first-order chi connectivity index (χ1) is 13.5. The summed E-state index contributed by atoms with van der Waals surface area (Å²) in [6, 6.07) is 16.4. The van der Waals surface area contributed by atoms with Gasteiger partial charge in [-0.25, -0.2) is 4.99 Å². The van der Waals surface area contributed by atoms with E-state index in [0.29, 0.717) is 6.54 Å². The molecule has 5 nitrogen and oxygen atoms in total. The third-order valence-corrected chi connectivity index (χ3v) is 5.39. The number of carbonyl (C=O) groups is 1. The molecule has 1 amide bonds. The van der Waals surface area contributed by atoms with Gasteiger partial charge in [0.25, 0.3) is 0 Å². The number of halogens is 2. The van der Waals surface area contributed by atoms with Crippen LogP contribution in [-0.4, -0.2) is 25.0 Å². The summed E-state index contributed by atoms with van der Waals surface area (Å²) in [5, 5.41) is 9.65. The van der Waals surface area contributed by atoms with E-state index >= 15 is 0 Å². The van der Waals surface area contributed by atoms with E-state index < -0.39 is 0 Å². The van der Waals surface area contributed by atoms with Crippen LogP contribution < -0.4 is 16.0 Å². The van der Waals surface area contributed by atoms with Gasteiger partial charge < -0.3 is 16.0 Å². The van der Waals surface area contributed by atoms with Gasteiger partial charge in [-0.1, -0.05) is 40.2 Å². The molecule has 1 saturated carbocycles. The Morgan fingerprint density at radius 3 is 2.55 bits per heavy atom. The van der Waals surface area contributed by atoms with Crippen molar-refractivity contribution in [1.82, 2.24) is 10.6 Å². The summed E-state index contributed by atoms with van der Waals surface area (Å²) in [6.45, 7) is 5.79. The van der Waals surface area contributed by atoms with E-state index in [-0.39, 0.29) is 35.3 Å². The van der Waals surface area contributed by atoms with Gasteiger partial charge in [0.2, 0.25) is 5.91 Å². The van der Waals surface area contributed by atoms with E-state index in [2.05, 4.69) is 63.1 Å². The van der Waals surface area contributed by atoms with Crippen molar-refractivity contribution in [2.24, 2.45) is 4.99 Å². The minimum Gasteiger partial charge on any atom is -0.357 e. The first-order valence-corrected chi connectivity index (χ1v) is 10.4. The minimum atomic E-state index is -0.0714. The molecular formula is C22H28BrIN4O. The third-order valence-electron chi connectivity index (χ3n) is 4.90. The molecule has 3 rings (SSSR count). The van der Waals surface area contributed by atoms with Crippen molar-refractivity contribution in [2.45, 2.75) is 38.6 Å². The molecule has 0 aromatic heterocycles. The molecule has 0 aliphatic heterocycles. The van der Waals surface area contributed by atoms with Crippen LogP contribution in [0.3, 0.4) is 0 Å². The van der Waals surface area contributed by atoms with E-state index in [1.54, 1.807) is 0 Å². The molecule has 0 heterocycles. The number of anilines is 1. The van der Waals surface area contributed by atoms with Crippen LogP contribution in [0.25, 0.3) is 0 Å². The summed E-state index contributed by atoms with van der Waals surface area (Å²) >= 11 is 3.58. The largest absolute Gasteiger partial charge is 0.357 e. The van der Waals surface area contributed by atoms with Crippen molar-refractivity contribution in [1.29, 1.82) is 0 Å². The Morgan fingerprint density at radius 2 is 1.90 bits per heavy atom. The molecule has 29 heavy (non-hydrogen) atoms. The second kappa shape index (κ2) is 11.0. The predicted octanol–water partition coefficient (Wildman–Crippen LogP) is 4.81. The van der Waals surface area contributed by atoms with Gasteiger partial charge in [-0.05, 0) is 55.2 Å². The minimum absolute atomic E-state index is 0. The molecule has 156 valence electrons. The molecule has 0 unspecified atom stereocenters. The van der Waals surface area contributed by atoms with E-state index in [0.717, 1.165) is 34.8 Å². The zero-order chi connectivity index (χ0) is 20.0. The highest BCUT2D eigenvalue weighted by molar-refractivity contribution is 14.0. The Morgan fingerprint density at radius 1 is 1.14 bits per heavy atom. The SMILES string of the molecule is CCNC(=NCc1cccc(NC(C)=O)c1)NCC1(c2cccc(Br)c2)CC1.I. The van der Waals surface area contributed by atoms with Gasteiger partial charge in [0.15, 0.2) is 5.96 Å². The molecule has 3 N–H and O–H groups in total. The average Bonchev–Trinajstić information content (AvgIpc) is 3.45. The summed E-state index contributed by atoms with van der Waals surface area (Å²) in [6.07, 6.45) is 2.38. The summed E-state index contributed by atoms with van der Waals surface area (Å²) in [5.74, 6) is 0.742. The molecule has 2 aromatic rings. The Bertz CT molecular complexity index is 867. The van der Waals surface area contributed by atoms with Crippen LogP contribution in [0.2, 0.25) is 0 Å². The zero-order valence-corrected chi connectivity index (χ0v) is 20.7. The first-order valence-electron chi connectivity index (χ1n) is 9.65. The van der Waals surface area contributed by atoms with Crippen molar-refractivity contribution < 1.29 is 4.79 Å². The molecule has 0 spiro atoms. The maximum Gasteiger partial charge on any atom is 0.221 e. The fraction of sp³-hybridized carbons (Fsp3) is 0.364. The van der Waals surface area contributed by atoms with Gasteiger partial charge in [0.05, 0.1) is 6.54 Å². The predicted molar refractivity (Wildman–Crippen MR) is 134 cm³/mol. The van der Waals surface area contributed by atoms with Crippen LogP contribution in [0.5, 0.6) is 0 Å². The van der Waals surface area contributed by atoms with Gasteiger partial charge in [-0.2, -0.15) is 0 Å². The van der Waals surface area contributed by atoms with E-state index in [1.165, 1.54) is 25.3 Å². The van der Waals surface area contributed by atoms with E-state index in [1.807, 2.05) is 24.3 Å². The van der Waals surface area contributed by atoms with Crippen LogP contribution in [0.1, 0.15) is 37.8 Å². The van der Waals surface area contributed by atoms with Crippen molar-refractivity contribution in [2.75, 3.05) is 18.4 Å². The van der Waals surface area contributed by atoms with Crippen molar-refractivity contribution in [3.8, 4) is 0 Å². The van der Waals surface area contributed by atoms with E-state index in [4.69, 9.17) is 4.99 Å². The second-order valence-electron chi connectivity index (χ2n) is 7.22. The molecule has 1 aliphatic rings. The number of aliphatic imine (C=N–C) groups is 1. The highest BCUT2D eigenvalue weighted by Crippen LogP contribution is 2.48. The van der Waals surface area contributed by atoms with Gasteiger partial charge in [-0.15, -0.1) is 24.0 Å². The molecule has 0 atom stereocenters. The Balaban J connectivity index is 0.00000300. The number of nitrogens with zero attached hydrogens (tertiary/aromatic N) is 1. The maximum atomic E-state index is 11.2. The summed E-state index contributed by atoms with van der Waals surface area (Å²) in [4.78, 5) is 16.0. The van der Waals surface area contributed by atoms with Crippen LogP contribution in [-0.2, 0) is 16.8 Å². The molecule has 1 fully saturated rings. The highest BCUT2D eigenvalue weighted by atomic mass is 127. The number of hydrogen-bond acceptors (Lipinski definition) is 2. The van der Waals surface area contributed by atoms with E-state index in [9.17, 15) is 4.79 Å². The average molecular weight is 571 g/mol. The Hall–Kier alpha value is -1.61. The van der Waals surface area contributed by atoms with Crippen LogP contribution in [0, 0.1) is 0 Å². The van der Waals surface area contributed by atoms with Crippen molar-refractivity contribution >= 4 is 57.5 Å². The molecule has 2 aromatic carbocycles. The fourth-order valence-electron chi connectivity index (χ4n) is 3.25. The van der Waals surface area contributed by atoms with Gasteiger partial charge in [0.1, 0.15) is 0 Å². The quantitative estimate of drug-likeness (QED) is 0.254. The van der Waals surface area contributed by atoms with Crippen molar-refractivity contribution in [3.05, 3.63) is 64.1 Å². The van der Waals surface area contributed by atoms with Gasteiger partial charge in [0, 0.05) is 35.6 Å². The van der Waals surface area contributed by atoms with Gasteiger partial charge in [-0.3, -0.25) is 4.79 Å². The molecule has 0 saturated heterocycles. The highest BCUT2D eigenvalue weighted by Gasteiger charge is 2.44. The topological polar surface area (TPSA) is 65.5 Å². The Kier molecular flexibility index (Phi) is 8.95. The number of benzene rings is 2. The molecular weight excluding hydrogens is 543 g/mol. The smallest absolute Gasteiger partial charge is 0.221 e. The number of hydrogen-bond donors (Lipinski definition) is 3. The summed E-state index contributed by atoms with van der Waals surface area (Å²) < 4.78 is 1.12. The fourth-order valence-corrected chi connectivity index (χ4v) is 3.65. The lowest BCUT2D eigenvalue weighted by Crippen LogP contribution is -2.41.